The Kier molecular flexibility index (Phi) is 4.24. The number of carbonyl (C=O) groups excluding carboxylic acids is 1. The average Bonchev–Trinajstić information content (AvgIpc) is 2.89. The summed E-state index contributed by atoms with van der Waals surface area (Å²) in [7, 11) is 0. The second kappa shape index (κ2) is 5.74. The first-order chi connectivity index (χ1) is 9.04. The number of halogens is 1. The molecule has 2 aromatic rings. The van der Waals surface area contributed by atoms with Crippen molar-refractivity contribution in [2.45, 2.75) is 19.0 Å². The fourth-order valence-corrected chi connectivity index (χ4v) is 2.83. The van der Waals surface area contributed by atoms with Crippen LogP contribution in [-0.2, 0) is 16.9 Å². The van der Waals surface area contributed by atoms with Gasteiger partial charge in [0.05, 0.1) is 0 Å². The van der Waals surface area contributed by atoms with Crippen LogP contribution in [0.4, 0.5) is 0 Å². The zero-order chi connectivity index (χ0) is 13.9. The number of benzene rings is 1. The minimum Gasteiger partial charge on any atom is -0.368 e. The van der Waals surface area contributed by atoms with Crippen LogP contribution in [0.5, 0.6) is 0 Å². The topological polar surface area (TPSA) is 55.1 Å². The smallest absolute Gasteiger partial charge is 0.242 e. The molecule has 0 saturated carbocycles. The van der Waals surface area contributed by atoms with E-state index in [1.807, 2.05) is 35.7 Å². The molecule has 1 amide bonds. The van der Waals surface area contributed by atoms with E-state index in [2.05, 4.69) is 5.32 Å². The molecule has 0 saturated heterocycles. The second-order valence-electron chi connectivity index (χ2n) is 4.40. The van der Waals surface area contributed by atoms with Gasteiger partial charge in [0.1, 0.15) is 5.54 Å². The fraction of sp³-hybridized carbons (Fsp3) is 0.214. The minimum atomic E-state index is -0.984. The lowest BCUT2D eigenvalue weighted by Gasteiger charge is -2.28. The summed E-state index contributed by atoms with van der Waals surface area (Å²) in [5, 5.41) is 5.73. The third-order valence-corrected chi connectivity index (χ3v) is 4.31. The molecule has 19 heavy (non-hydrogen) atoms. The number of hydrogen-bond acceptors (Lipinski definition) is 3. The van der Waals surface area contributed by atoms with Crippen molar-refractivity contribution in [3.8, 4) is 0 Å². The Labute approximate surface area is 121 Å². The quantitative estimate of drug-likeness (QED) is 0.891. The van der Waals surface area contributed by atoms with Gasteiger partial charge in [-0.3, -0.25) is 10.1 Å². The Morgan fingerprint density at radius 1 is 1.37 bits per heavy atom. The van der Waals surface area contributed by atoms with Gasteiger partial charge < -0.3 is 5.73 Å². The zero-order valence-corrected chi connectivity index (χ0v) is 12.1. The average molecular weight is 295 g/mol. The summed E-state index contributed by atoms with van der Waals surface area (Å²) < 4.78 is 0. The highest BCUT2D eigenvalue weighted by molar-refractivity contribution is 7.09. The number of primary amides is 1. The number of hydrogen-bond donors (Lipinski definition) is 2. The summed E-state index contributed by atoms with van der Waals surface area (Å²) in [6.45, 7) is 2.33. The number of nitrogens with one attached hydrogen (secondary N) is 1. The molecular weight excluding hydrogens is 280 g/mol. The summed E-state index contributed by atoms with van der Waals surface area (Å²) in [5.74, 6) is -0.447. The van der Waals surface area contributed by atoms with Gasteiger partial charge in [0.25, 0.3) is 0 Å². The van der Waals surface area contributed by atoms with Gasteiger partial charge >= 0.3 is 0 Å². The lowest BCUT2D eigenvalue weighted by atomic mass is 9.91. The molecule has 0 aliphatic heterocycles. The predicted molar refractivity (Wildman–Crippen MR) is 79.2 cm³/mol. The van der Waals surface area contributed by atoms with Gasteiger partial charge in [-0.15, -0.1) is 11.3 Å². The van der Waals surface area contributed by atoms with Crippen molar-refractivity contribution in [3.63, 3.8) is 0 Å². The number of thiophene rings is 1. The van der Waals surface area contributed by atoms with Crippen molar-refractivity contribution >= 4 is 28.8 Å². The SMILES string of the molecule is CC(NCc1cccs1)(C(N)=O)c1ccccc1Cl. The molecule has 1 unspecified atom stereocenters. The number of nitrogens with two attached hydrogens (primary N) is 1. The van der Waals surface area contributed by atoms with Crippen LogP contribution >= 0.6 is 22.9 Å². The summed E-state index contributed by atoms with van der Waals surface area (Å²) >= 11 is 7.80. The predicted octanol–water partition coefficient (Wildman–Crippen LogP) is 2.89. The number of carbonyl (C=O) groups is 1. The third-order valence-electron chi connectivity index (χ3n) is 3.10. The van der Waals surface area contributed by atoms with E-state index in [-0.39, 0.29) is 0 Å². The summed E-state index contributed by atoms with van der Waals surface area (Å²) in [6.07, 6.45) is 0. The standard InChI is InChI=1S/C14H15ClN2OS/c1-14(13(16)18,11-6-2-3-7-12(11)15)17-9-10-5-4-8-19-10/h2-8,17H,9H2,1H3,(H2,16,18). The lowest BCUT2D eigenvalue weighted by molar-refractivity contribution is -0.124. The molecule has 0 spiro atoms. The van der Waals surface area contributed by atoms with Crippen LogP contribution in [-0.4, -0.2) is 5.91 Å². The van der Waals surface area contributed by atoms with Crippen LogP contribution in [0.15, 0.2) is 41.8 Å². The van der Waals surface area contributed by atoms with E-state index in [1.54, 1.807) is 24.3 Å². The van der Waals surface area contributed by atoms with Gasteiger partial charge in [-0.05, 0) is 30.0 Å². The molecule has 3 N–H and O–H groups in total. The van der Waals surface area contributed by atoms with Crippen LogP contribution in [0.2, 0.25) is 5.02 Å². The molecule has 100 valence electrons. The van der Waals surface area contributed by atoms with E-state index < -0.39 is 11.4 Å². The Morgan fingerprint density at radius 2 is 2.11 bits per heavy atom. The first kappa shape index (κ1) is 14.1. The van der Waals surface area contributed by atoms with Crippen molar-refractivity contribution < 1.29 is 4.79 Å². The van der Waals surface area contributed by atoms with E-state index in [9.17, 15) is 4.79 Å². The minimum absolute atomic E-state index is 0.447. The van der Waals surface area contributed by atoms with Crippen molar-refractivity contribution in [2.24, 2.45) is 5.73 Å². The van der Waals surface area contributed by atoms with Gasteiger partial charge in [0.15, 0.2) is 0 Å². The molecular formula is C14H15ClN2OS. The Hall–Kier alpha value is -1.36. The highest BCUT2D eigenvalue weighted by atomic mass is 35.5. The molecule has 1 aromatic heterocycles. The third kappa shape index (κ3) is 2.97. The molecule has 0 aliphatic carbocycles. The Morgan fingerprint density at radius 3 is 2.68 bits per heavy atom. The van der Waals surface area contributed by atoms with Crippen LogP contribution in [0.1, 0.15) is 17.4 Å². The second-order valence-corrected chi connectivity index (χ2v) is 5.84. The van der Waals surface area contributed by atoms with Crippen molar-refractivity contribution in [2.75, 3.05) is 0 Å². The van der Waals surface area contributed by atoms with Gasteiger partial charge in [0.2, 0.25) is 5.91 Å². The molecule has 1 aromatic carbocycles. The fourth-order valence-electron chi connectivity index (χ4n) is 1.86. The van der Waals surface area contributed by atoms with Gasteiger partial charge in [-0.25, -0.2) is 0 Å². The highest BCUT2D eigenvalue weighted by Crippen LogP contribution is 2.28. The zero-order valence-electron chi connectivity index (χ0n) is 10.5. The first-order valence-corrected chi connectivity index (χ1v) is 7.12. The molecule has 1 heterocycles. The van der Waals surface area contributed by atoms with Gasteiger partial charge in [0, 0.05) is 16.4 Å². The molecule has 5 heteroatoms. The number of amides is 1. The van der Waals surface area contributed by atoms with Gasteiger partial charge in [-0.1, -0.05) is 35.9 Å². The summed E-state index contributed by atoms with van der Waals surface area (Å²) in [5.41, 5.74) is 5.27. The highest BCUT2D eigenvalue weighted by Gasteiger charge is 2.34. The monoisotopic (exact) mass is 294 g/mol. The van der Waals surface area contributed by atoms with Crippen molar-refractivity contribution in [3.05, 3.63) is 57.2 Å². The molecule has 1 atom stereocenters. The van der Waals surface area contributed by atoms with E-state index >= 15 is 0 Å². The van der Waals surface area contributed by atoms with E-state index in [4.69, 9.17) is 17.3 Å². The molecule has 0 bridgehead atoms. The van der Waals surface area contributed by atoms with Crippen LogP contribution in [0.3, 0.4) is 0 Å². The molecule has 0 fully saturated rings. The maximum atomic E-state index is 11.8. The summed E-state index contributed by atoms with van der Waals surface area (Å²) in [6, 6.07) is 11.2. The molecule has 0 aliphatic rings. The maximum absolute atomic E-state index is 11.8. The van der Waals surface area contributed by atoms with E-state index in [1.165, 1.54) is 0 Å². The molecule has 2 rings (SSSR count). The van der Waals surface area contributed by atoms with Crippen molar-refractivity contribution in [1.29, 1.82) is 0 Å². The first-order valence-electron chi connectivity index (χ1n) is 5.86. The summed E-state index contributed by atoms with van der Waals surface area (Å²) in [4.78, 5) is 13.0. The van der Waals surface area contributed by atoms with Crippen LogP contribution in [0, 0.1) is 0 Å². The number of rotatable bonds is 5. The Balaban J connectivity index is 2.28. The molecule has 3 nitrogen and oxygen atoms in total. The van der Waals surface area contributed by atoms with Gasteiger partial charge in [-0.2, -0.15) is 0 Å². The van der Waals surface area contributed by atoms with Crippen molar-refractivity contribution in [1.82, 2.24) is 5.32 Å². The molecule has 0 radical (unpaired) electrons. The van der Waals surface area contributed by atoms with E-state index in [0.717, 1.165) is 4.88 Å². The normalized spacial score (nSPS) is 14.0. The largest absolute Gasteiger partial charge is 0.368 e. The lowest BCUT2D eigenvalue weighted by Crippen LogP contribution is -2.50. The van der Waals surface area contributed by atoms with E-state index in [0.29, 0.717) is 17.1 Å². The Bertz CT molecular complexity index is 571. The van der Waals surface area contributed by atoms with Crippen LogP contribution < -0.4 is 11.1 Å². The van der Waals surface area contributed by atoms with Crippen LogP contribution in [0.25, 0.3) is 0 Å². The maximum Gasteiger partial charge on any atom is 0.242 e.